The minimum absolute atomic E-state index is 0.326. The number of aliphatic hydroxyl groups is 1. The fourth-order valence-electron chi connectivity index (χ4n) is 2.00. The Balaban J connectivity index is 2.37. The van der Waals surface area contributed by atoms with Gasteiger partial charge in [-0.25, -0.2) is 0 Å². The van der Waals surface area contributed by atoms with E-state index in [-0.39, 0.29) is 0 Å². The summed E-state index contributed by atoms with van der Waals surface area (Å²) < 4.78 is 0. The molecule has 1 aliphatic rings. The van der Waals surface area contributed by atoms with Crippen LogP contribution in [0.2, 0.25) is 0 Å². The Kier molecular flexibility index (Phi) is 3.53. The number of hydrogen-bond donors (Lipinski definition) is 1. The highest BCUT2D eigenvalue weighted by Crippen LogP contribution is 2.26. The van der Waals surface area contributed by atoms with E-state index in [1.807, 2.05) is 0 Å². The number of likely N-dealkylation sites (tertiary alicyclic amines) is 1. The quantitative estimate of drug-likeness (QED) is 0.697. The topological polar surface area (TPSA) is 23.5 Å². The van der Waals surface area contributed by atoms with Crippen LogP contribution in [0.3, 0.4) is 0 Å². The summed E-state index contributed by atoms with van der Waals surface area (Å²) in [7, 11) is 0. The maximum absolute atomic E-state index is 8.74. The number of piperidine rings is 1. The molecule has 72 valence electrons. The number of rotatable bonds is 3. The fourth-order valence-corrected chi connectivity index (χ4v) is 2.00. The Morgan fingerprint density at radius 2 is 2.08 bits per heavy atom. The average molecular weight is 171 g/mol. The van der Waals surface area contributed by atoms with E-state index in [9.17, 15) is 0 Å². The van der Waals surface area contributed by atoms with Gasteiger partial charge in [0.2, 0.25) is 0 Å². The van der Waals surface area contributed by atoms with Crippen molar-refractivity contribution in [2.75, 3.05) is 19.7 Å². The van der Waals surface area contributed by atoms with Crippen molar-refractivity contribution < 1.29 is 5.11 Å². The van der Waals surface area contributed by atoms with Crippen LogP contribution in [0, 0.1) is 0 Å². The number of aliphatic hydroxyl groups excluding tert-OH is 1. The van der Waals surface area contributed by atoms with Crippen molar-refractivity contribution in [1.82, 2.24) is 4.90 Å². The third-order valence-electron chi connectivity index (χ3n) is 2.91. The van der Waals surface area contributed by atoms with Gasteiger partial charge in [0.15, 0.2) is 0 Å². The van der Waals surface area contributed by atoms with Gasteiger partial charge in [0.05, 0.1) is 0 Å². The van der Waals surface area contributed by atoms with E-state index in [0.717, 1.165) is 13.0 Å². The molecule has 0 unspecified atom stereocenters. The first-order chi connectivity index (χ1) is 5.67. The smallest absolute Gasteiger partial charge is 0.0443 e. The first-order valence-corrected chi connectivity index (χ1v) is 5.03. The molecule has 0 bridgehead atoms. The van der Waals surface area contributed by atoms with E-state index >= 15 is 0 Å². The Morgan fingerprint density at radius 1 is 1.33 bits per heavy atom. The summed E-state index contributed by atoms with van der Waals surface area (Å²) in [6, 6.07) is 0. The summed E-state index contributed by atoms with van der Waals surface area (Å²) in [6.45, 7) is 7.22. The maximum Gasteiger partial charge on any atom is 0.0443 e. The molecular formula is C10H21NO. The minimum atomic E-state index is 0.326. The van der Waals surface area contributed by atoms with E-state index in [1.54, 1.807) is 0 Å². The third kappa shape index (κ3) is 2.46. The van der Waals surface area contributed by atoms with Crippen LogP contribution in [0.4, 0.5) is 0 Å². The molecular weight excluding hydrogens is 150 g/mol. The summed E-state index contributed by atoms with van der Waals surface area (Å²) in [6.07, 6.45) is 4.92. The van der Waals surface area contributed by atoms with Crippen LogP contribution in [0.1, 0.15) is 39.5 Å². The maximum atomic E-state index is 8.74. The lowest BCUT2D eigenvalue weighted by atomic mass is 9.90. The van der Waals surface area contributed by atoms with Gasteiger partial charge in [-0.15, -0.1) is 0 Å². The molecule has 0 aliphatic carbocycles. The van der Waals surface area contributed by atoms with Crippen LogP contribution >= 0.6 is 0 Å². The van der Waals surface area contributed by atoms with Gasteiger partial charge >= 0.3 is 0 Å². The lowest BCUT2D eigenvalue weighted by molar-refractivity contribution is 0.0700. The van der Waals surface area contributed by atoms with Crippen molar-refractivity contribution in [1.29, 1.82) is 0 Å². The van der Waals surface area contributed by atoms with E-state index in [0.29, 0.717) is 12.1 Å². The number of hydrogen-bond acceptors (Lipinski definition) is 2. The summed E-state index contributed by atoms with van der Waals surface area (Å²) in [4.78, 5) is 2.51. The molecule has 0 saturated carbocycles. The SMILES string of the molecule is CC1(C)CCCCN1CCCO. The standard InChI is InChI=1S/C10H21NO/c1-10(2)6-3-4-7-11(10)8-5-9-12/h12H,3-9H2,1-2H3. The van der Waals surface area contributed by atoms with Crippen molar-refractivity contribution in [2.45, 2.75) is 45.1 Å². The zero-order chi connectivity index (χ0) is 9.03. The summed E-state index contributed by atoms with van der Waals surface area (Å²) in [5, 5.41) is 8.74. The molecule has 0 spiro atoms. The largest absolute Gasteiger partial charge is 0.396 e. The summed E-state index contributed by atoms with van der Waals surface area (Å²) in [5.74, 6) is 0. The van der Waals surface area contributed by atoms with Crippen LogP contribution in [0.5, 0.6) is 0 Å². The molecule has 0 aromatic heterocycles. The molecule has 1 rings (SSSR count). The highest BCUT2D eigenvalue weighted by Gasteiger charge is 2.28. The molecule has 0 radical (unpaired) electrons. The van der Waals surface area contributed by atoms with Gasteiger partial charge in [0.1, 0.15) is 0 Å². The monoisotopic (exact) mass is 171 g/mol. The van der Waals surface area contributed by atoms with Crippen molar-refractivity contribution >= 4 is 0 Å². The Bertz CT molecular complexity index is 134. The molecule has 1 saturated heterocycles. The molecule has 0 aromatic carbocycles. The summed E-state index contributed by atoms with van der Waals surface area (Å²) >= 11 is 0. The number of nitrogens with zero attached hydrogens (tertiary/aromatic N) is 1. The predicted octanol–water partition coefficient (Wildman–Crippen LogP) is 1.63. The first kappa shape index (κ1) is 10.0. The molecule has 0 aromatic rings. The molecule has 1 N–H and O–H groups in total. The van der Waals surface area contributed by atoms with E-state index < -0.39 is 0 Å². The van der Waals surface area contributed by atoms with Gasteiger partial charge in [0.25, 0.3) is 0 Å². The van der Waals surface area contributed by atoms with Gasteiger partial charge in [-0.05, 0) is 39.7 Å². The highest BCUT2D eigenvalue weighted by atomic mass is 16.3. The van der Waals surface area contributed by atoms with Gasteiger partial charge in [0, 0.05) is 18.7 Å². The molecule has 1 fully saturated rings. The lowest BCUT2D eigenvalue weighted by Gasteiger charge is -2.42. The molecule has 2 heteroatoms. The van der Waals surface area contributed by atoms with Gasteiger partial charge in [-0.2, -0.15) is 0 Å². The zero-order valence-electron chi connectivity index (χ0n) is 8.34. The molecule has 12 heavy (non-hydrogen) atoms. The Morgan fingerprint density at radius 3 is 2.67 bits per heavy atom. The van der Waals surface area contributed by atoms with Crippen molar-refractivity contribution in [2.24, 2.45) is 0 Å². The second kappa shape index (κ2) is 4.24. The molecule has 2 nitrogen and oxygen atoms in total. The van der Waals surface area contributed by atoms with Crippen LogP contribution in [0.15, 0.2) is 0 Å². The van der Waals surface area contributed by atoms with Crippen LogP contribution in [-0.2, 0) is 0 Å². The highest BCUT2D eigenvalue weighted by molar-refractivity contribution is 4.84. The minimum Gasteiger partial charge on any atom is -0.396 e. The lowest BCUT2D eigenvalue weighted by Crippen LogP contribution is -2.47. The van der Waals surface area contributed by atoms with Crippen molar-refractivity contribution in [3.8, 4) is 0 Å². The average Bonchev–Trinajstić information content (AvgIpc) is 2.02. The van der Waals surface area contributed by atoms with E-state index in [2.05, 4.69) is 18.7 Å². The Labute approximate surface area is 75.6 Å². The van der Waals surface area contributed by atoms with E-state index in [4.69, 9.17) is 5.11 Å². The van der Waals surface area contributed by atoms with Gasteiger partial charge < -0.3 is 5.11 Å². The Hall–Kier alpha value is -0.0800. The summed E-state index contributed by atoms with van der Waals surface area (Å²) in [5.41, 5.74) is 0.368. The predicted molar refractivity (Wildman–Crippen MR) is 51.2 cm³/mol. The van der Waals surface area contributed by atoms with Crippen LogP contribution in [-0.4, -0.2) is 35.2 Å². The first-order valence-electron chi connectivity index (χ1n) is 5.03. The van der Waals surface area contributed by atoms with Crippen LogP contribution in [0.25, 0.3) is 0 Å². The molecule has 1 heterocycles. The van der Waals surface area contributed by atoms with E-state index in [1.165, 1.54) is 25.8 Å². The van der Waals surface area contributed by atoms with Gasteiger partial charge in [-0.1, -0.05) is 6.42 Å². The fraction of sp³-hybridized carbons (Fsp3) is 1.00. The molecule has 0 amide bonds. The second-order valence-electron chi connectivity index (χ2n) is 4.33. The molecule has 1 aliphatic heterocycles. The molecule has 0 atom stereocenters. The zero-order valence-corrected chi connectivity index (χ0v) is 8.34. The van der Waals surface area contributed by atoms with Crippen molar-refractivity contribution in [3.63, 3.8) is 0 Å². The van der Waals surface area contributed by atoms with Crippen molar-refractivity contribution in [3.05, 3.63) is 0 Å². The third-order valence-corrected chi connectivity index (χ3v) is 2.91. The normalized spacial score (nSPS) is 24.2. The van der Waals surface area contributed by atoms with Crippen LogP contribution < -0.4 is 0 Å². The van der Waals surface area contributed by atoms with Gasteiger partial charge in [-0.3, -0.25) is 4.90 Å². The second-order valence-corrected chi connectivity index (χ2v) is 4.33.